The van der Waals surface area contributed by atoms with E-state index < -0.39 is 11.8 Å². The molecule has 30 heavy (non-hydrogen) atoms. The number of hydrogen-bond donors (Lipinski definition) is 3. The first-order valence-electron chi connectivity index (χ1n) is 9.42. The van der Waals surface area contributed by atoms with E-state index in [1.807, 2.05) is 60.7 Å². The molecular weight excluding hydrogens is 381 g/mol. The van der Waals surface area contributed by atoms with Crippen LogP contribution in [0.15, 0.2) is 91.5 Å². The lowest BCUT2D eigenvalue weighted by atomic mass is 9.90. The van der Waals surface area contributed by atoms with E-state index in [1.54, 1.807) is 12.1 Å². The van der Waals surface area contributed by atoms with Crippen LogP contribution < -0.4 is 16.2 Å². The molecule has 0 aliphatic heterocycles. The molecule has 0 aromatic heterocycles. The summed E-state index contributed by atoms with van der Waals surface area (Å²) in [6, 6.07) is 24.5. The Morgan fingerprint density at radius 2 is 1.33 bits per heavy atom. The number of nitrogens with one attached hydrogen (secondary N) is 3. The van der Waals surface area contributed by atoms with Gasteiger partial charge in [-0.05, 0) is 41.0 Å². The smallest absolute Gasteiger partial charge is 0.257 e. The maximum atomic E-state index is 13.0. The molecule has 0 saturated carbocycles. The molecule has 3 aromatic carbocycles. The average molecular weight is 403 g/mol. The van der Waals surface area contributed by atoms with Gasteiger partial charge in [-0.1, -0.05) is 67.2 Å². The van der Waals surface area contributed by atoms with Crippen molar-refractivity contribution in [3.8, 4) is 0 Å². The van der Waals surface area contributed by atoms with Crippen LogP contribution in [0.3, 0.4) is 0 Å². The van der Waals surface area contributed by atoms with Crippen LogP contribution in [-0.2, 0) is 9.59 Å². The lowest BCUT2D eigenvalue weighted by molar-refractivity contribution is -0.126. The fourth-order valence-corrected chi connectivity index (χ4v) is 2.97. The van der Waals surface area contributed by atoms with Gasteiger partial charge in [-0.25, -0.2) is 4.39 Å². The molecule has 0 fully saturated rings. The number of carbonyl (C=O) groups is 2. The van der Waals surface area contributed by atoms with Gasteiger partial charge >= 0.3 is 0 Å². The van der Waals surface area contributed by atoms with Crippen molar-refractivity contribution in [2.24, 2.45) is 0 Å². The summed E-state index contributed by atoms with van der Waals surface area (Å²) in [7, 11) is 0. The number of hydrogen-bond acceptors (Lipinski definition) is 3. The molecule has 0 unspecified atom stereocenters. The van der Waals surface area contributed by atoms with Gasteiger partial charge < -0.3 is 5.32 Å². The zero-order valence-electron chi connectivity index (χ0n) is 16.3. The largest absolute Gasteiger partial charge is 0.346 e. The lowest BCUT2D eigenvalue weighted by Crippen LogP contribution is -2.44. The van der Waals surface area contributed by atoms with E-state index in [2.05, 4.69) is 22.7 Å². The second-order valence-corrected chi connectivity index (χ2v) is 6.63. The van der Waals surface area contributed by atoms with Crippen LogP contribution in [0.4, 0.5) is 4.39 Å². The Kier molecular flexibility index (Phi) is 6.95. The zero-order valence-corrected chi connectivity index (χ0v) is 16.3. The third-order valence-corrected chi connectivity index (χ3v) is 4.50. The van der Waals surface area contributed by atoms with Crippen molar-refractivity contribution in [1.29, 1.82) is 0 Å². The standard InChI is InChI=1S/C24H22FN3O2/c1-17(18-12-14-21(25)15-13-18)27-28-22(29)16-26-24(30)23(19-8-4-2-5-9-19)20-10-6-3-7-11-20/h2-15,23,27H,1,16H2,(H,26,30)(H,28,29). The van der Waals surface area contributed by atoms with Gasteiger partial charge in [-0.15, -0.1) is 0 Å². The molecular formula is C24H22FN3O2. The van der Waals surface area contributed by atoms with Crippen LogP contribution in [0.1, 0.15) is 22.6 Å². The summed E-state index contributed by atoms with van der Waals surface area (Å²) >= 11 is 0. The highest BCUT2D eigenvalue weighted by molar-refractivity contribution is 5.90. The molecule has 3 rings (SSSR count). The molecule has 0 radical (unpaired) electrons. The molecule has 0 bridgehead atoms. The maximum Gasteiger partial charge on any atom is 0.257 e. The highest BCUT2D eigenvalue weighted by atomic mass is 19.1. The fourth-order valence-electron chi connectivity index (χ4n) is 2.97. The van der Waals surface area contributed by atoms with E-state index >= 15 is 0 Å². The fraction of sp³-hybridized carbons (Fsp3) is 0.0833. The van der Waals surface area contributed by atoms with E-state index in [4.69, 9.17) is 0 Å². The van der Waals surface area contributed by atoms with Gasteiger partial charge in [0.2, 0.25) is 5.91 Å². The van der Waals surface area contributed by atoms with Gasteiger partial charge in [0.1, 0.15) is 5.82 Å². The molecule has 0 aliphatic rings. The molecule has 0 saturated heterocycles. The van der Waals surface area contributed by atoms with Gasteiger partial charge in [0.25, 0.3) is 5.91 Å². The molecule has 3 aromatic rings. The lowest BCUT2D eigenvalue weighted by Gasteiger charge is -2.18. The normalized spacial score (nSPS) is 10.3. The van der Waals surface area contributed by atoms with Gasteiger partial charge in [-0.2, -0.15) is 0 Å². The van der Waals surface area contributed by atoms with Gasteiger partial charge in [0.05, 0.1) is 18.2 Å². The van der Waals surface area contributed by atoms with Gasteiger partial charge in [-0.3, -0.25) is 20.4 Å². The Morgan fingerprint density at radius 1 is 0.800 bits per heavy atom. The summed E-state index contributed by atoms with van der Waals surface area (Å²) in [5, 5.41) is 2.68. The van der Waals surface area contributed by atoms with Crippen LogP contribution in [0, 0.1) is 5.82 Å². The van der Waals surface area contributed by atoms with Crippen molar-refractivity contribution >= 4 is 17.5 Å². The first-order chi connectivity index (χ1) is 14.5. The Bertz CT molecular complexity index is 966. The second kappa shape index (κ2) is 10.0. The minimum Gasteiger partial charge on any atom is -0.346 e. The van der Waals surface area contributed by atoms with Crippen LogP contribution in [-0.4, -0.2) is 18.4 Å². The molecule has 0 heterocycles. The molecule has 6 heteroatoms. The van der Waals surface area contributed by atoms with Gasteiger partial charge in [0, 0.05) is 0 Å². The first kappa shape index (κ1) is 20.8. The monoisotopic (exact) mass is 403 g/mol. The molecule has 0 spiro atoms. The van der Waals surface area contributed by atoms with E-state index in [0.717, 1.165) is 11.1 Å². The van der Waals surface area contributed by atoms with Crippen LogP contribution in [0.25, 0.3) is 5.70 Å². The quantitative estimate of drug-likeness (QED) is 0.505. The summed E-state index contributed by atoms with van der Waals surface area (Å²) in [5.74, 6) is -1.60. The van der Waals surface area contributed by atoms with Crippen molar-refractivity contribution in [2.45, 2.75) is 5.92 Å². The third-order valence-electron chi connectivity index (χ3n) is 4.50. The predicted octanol–water partition coefficient (Wildman–Crippen LogP) is 3.37. The molecule has 5 nitrogen and oxygen atoms in total. The van der Waals surface area contributed by atoms with Crippen molar-refractivity contribution in [1.82, 2.24) is 16.2 Å². The number of amides is 2. The van der Waals surface area contributed by atoms with E-state index in [9.17, 15) is 14.0 Å². The van der Waals surface area contributed by atoms with Crippen molar-refractivity contribution in [2.75, 3.05) is 6.54 Å². The number of benzene rings is 3. The summed E-state index contributed by atoms with van der Waals surface area (Å²) in [4.78, 5) is 25.0. The molecule has 0 aliphatic carbocycles. The molecule has 152 valence electrons. The van der Waals surface area contributed by atoms with E-state index in [0.29, 0.717) is 11.3 Å². The topological polar surface area (TPSA) is 70.2 Å². The highest BCUT2D eigenvalue weighted by Gasteiger charge is 2.22. The zero-order chi connectivity index (χ0) is 21.3. The second-order valence-electron chi connectivity index (χ2n) is 6.63. The Labute approximate surface area is 174 Å². The first-order valence-corrected chi connectivity index (χ1v) is 9.42. The predicted molar refractivity (Wildman–Crippen MR) is 114 cm³/mol. The van der Waals surface area contributed by atoms with Crippen LogP contribution >= 0.6 is 0 Å². The Balaban J connectivity index is 1.58. The number of rotatable bonds is 8. The Morgan fingerprint density at radius 3 is 1.87 bits per heavy atom. The molecule has 2 amide bonds. The number of carbonyl (C=O) groups excluding carboxylic acids is 2. The minimum absolute atomic E-state index is 0.210. The summed E-state index contributed by atoms with van der Waals surface area (Å²) in [6.45, 7) is 3.58. The highest BCUT2D eigenvalue weighted by Crippen LogP contribution is 2.24. The number of hydrazine groups is 1. The number of halogens is 1. The SMILES string of the molecule is C=C(NNC(=O)CNC(=O)C(c1ccccc1)c1ccccc1)c1ccc(F)cc1. The molecule has 0 atom stereocenters. The third kappa shape index (κ3) is 5.54. The summed E-state index contributed by atoms with van der Waals surface area (Å²) < 4.78 is 13.0. The average Bonchev–Trinajstić information content (AvgIpc) is 2.78. The maximum absolute atomic E-state index is 13.0. The van der Waals surface area contributed by atoms with Crippen LogP contribution in [0.5, 0.6) is 0 Å². The van der Waals surface area contributed by atoms with Crippen molar-refractivity contribution in [3.05, 3.63) is 114 Å². The van der Waals surface area contributed by atoms with Gasteiger partial charge in [0.15, 0.2) is 0 Å². The van der Waals surface area contributed by atoms with Crippen LogP contribution in [0.2, 0.25) is 0 Å². The van der Waals surface area contributed by atoms with Crippen molar-refractivity contribution in [3.63, 3.8) is 0 Å². The summed E-state index contributed by atoms with van der Waals surface area (Å²) in [5.41, 5.74) is 7.85. The summed E-state index contributed by atoms with van der Waals surface area (Å²) in [6.07, 6.45) is 0. The van der Waals surface area contributed by atoms with Crippen molar-refractivity contribution < 1.29 is 14.0 Å². The van der Waals surface area contributed by atoms with E-state index in [-0.39, 0.29) is 18.3 Å². The Hall–Kier alpha value is -3.93. The molecule has 3 N–H and O–H groups in total. The minimum atomic E-state index is -0.526. The van der Waals surface area contributed by atoms with E-state index in [1.165, 1.54) is 12.1 Å².